The monoisotopic (exact) mass is 264 g/mol. The summed E-state index contributed by atoms with van der Waals surface area (Å²) >= 11 is 1.82. The van der Waals surface area contributed by atoms with Crippen LogP contribution in [0.1, 0.15) is 60.6 Å². The standard InChI is InChI=1S/C15H24N2S/c1-11(15-12(2)17-13(3)18-15)16-10-9-14-7-5-4-6-8-14/h7,11,16H,4-6,8-10H2,1-3H3. The van der Waals surface area contributed by atoms with Crippen LogP contribution in [0.4, 0.5) is 0 Å². The number of aryl methyl sites for hydroxylation is 2. The molecule has 0 aromatic carbocycles. The van der Waals surface area contributed by atoms with Crippen LogP contribution in [0.15, 0.2) is 11.6 Å². The molecule has 1 aliphatic rings. The summed E-state index contributed by atoms with van der Waals surface area (Å²) in [6.07, 6.45) is 9.02. The number of nitrogens with zero attached hydrogens (tertiary/aromatic N) is 1. The van der Waals surface area contributed by atoms with Crippen molar-refractivity contribution in [3.8, 4) is 0 Å². The van der Waals surface area contributed by atoms with E-state index in [0.29, 0.717) is 6.04 Å². The first-order chi connectivity index (χ1) is 8.66. The number of thiazole rings is 1. The maximum absolute atomic E-state index is 4.50. The molecule has 0 saturated heterocycles. The van der Waals surface area contributed by atoms with Crippen LogP contribution in [-0.4, -0.2) is 11.5 Å². The molecule has 18 heavy (non-hydrogen) atoms. The van der Waals surface area contributed by atoms with Crippen LogP contribution >= 0.6 is 11.3 Å². The van der Waals surface area contributed by atoms with Crippen molar-refractivity contribution in [1.29, 1.82) is 0 Å². The van der Waals surface area contributed by atoms with Gasteiger partial charge >= 0.3 is 0 Å². The number of aromatic nitrogens is 1. The second kappa shape index (κ2) is 6.48. The van der Waals surface area contributed by atoms with Gasteiger partial charge in [0.1, 0.15) is 0 Å². The Hall–Kier alpha value is -0.670. The van der Waals surface area contributed by atoms with Crippen molar-refractivity contribution in [2.45, 2.75) is 58.9 Å². The number of hydrogen-bond donors (Lipinski definition) is 1. The highest BCUT2D eigenvalue weighted by Gasteiger charge is 2.12. The Kier molecular flexibility index (Phi) is 4.95. The molecule has 0 fully saturated rings. The van der Waals surface area contributed by atoms with E-state index in [0.717, 1.165) is 6.54 Å². The zero-order chi connectivity index (χ0) is 13.0. The van der Waals surface area contributed by atoms with Crippen LogP contribution in [0.25, 0.3) is 0 Å². The van der Waals surface area contributed by atoms with Crippen LogP contribution in [0.2, 0.25) is 0 Å². The van der Waals surface area contributed by atoms with Gasteiger partial charge in [0.2, 0.25) is 0 Å². The van der Waals surface area contributed by atoms with Gasteiger partial charge in [-0.2, -0.15) is 0 Å². The third kappa shape index (κ3) is 3.66. The van der Waals surface area contributed by atoms with E-state index in [1.54, 1.807) is 5.57 Å². The number of nitrogens with one attached hydrogen (secondary N) is 1. The lowest BCUT2D eigenvalue weighted by Gasteiger charge is -2.16. The third-order valence-corrected chi connectivity index (χ3v) is 4.87. The summed E-state index contributed by atoms with van der Waals surface area (Å²) in [4.78, 5) is 5.89. The highest BCUT2D eigenvalue weighted by molar-refractivity contribution is 7.11. The van der Waals surface area contributed by atoms with Gasteiger partial charge in [-0.15, -0.1) is 11.3 Å². The first-order valence-electron chi connectivity index (χ1n) is 7.02. The van der Waals surface area contributed by atoms with E-state index in [9.17, 15) is 0 Å². The van der Waals surface area contributed by atoms with Crippen molar-refractivity contribution in [3.63, 3.8) is 0 Å². The Morgan fingerprint density at radius 2 is 2.22 bits per heavy atom. The molecule has 0 amide bonds. The molecule has 0 bridgehead atoms. The Morgan fingerprint density at radius 3 is 2.83 bits per heavy atom. The maximum atomic E-state index is 4.50. The molecular weight excluding hydrogens is 240 g/mol. The fourth-order valence-corrected chi connectivity index (χ4v) is 3.58. The zero-order valence-electron chi connectivity index (χ0n) is 11.8. The summed E-state index contributed by atoms with van der Waals surface area (Å²) in [6, 6.07) is 0.431. The van der Waals surface area contributed by atoms with Crippen molar-refractivity contribution in [1.82, 2.24) is 10.3 Å². The highest BCUT2D eigenvalue weighted by atomic mass is 32.1. The molecule has 1 N–H and O–H groups in total. The first kappa shape index (κ1) is 13.8. The molecule has 2 rings (SSSR count). The van der Waals surface area contributed by atoms with E-state index in [-0.39, 0.29) is 0 Å². The highest BCUT2D eigenvalue weighted by Crippen LogP contribution is 2.25. The van der Waals surface area contributed by atoms with Crippen molar-refractivity contribution < 1.29 is 0 Å². The van der Waals surface area contributed by atoms with Gasteiger partial charge in [-0.25, -0.2) is 4.98 Å². The van der Waals surface area contributed by atoms with Gasteiger partial charge in [0.15, 0.2) is 0 Å². The maximum Gasteiger partial charge on any atom is 0.0900 e. The summed E-state index contributed by atoms with van der Waals surface area (Å²) in [5.74, 6) is 0. The minimum absolute atomic E-state index is 0.431. The molecule has 2 nitrogen and oxygen atoms in total. The van der Waals surface area contributed by atoms with Crippen LogP contribution < -0.4 is 5.32 Å². The molecule has 1 atom stereocenters. The molecule has 0 aliphatic heterocycles. The van der Waals surface area contributed by atoms with E-state index in [1.807, 2.05) is 11.3 Å². The van der Waals surface area contributed by atoms with Crippen molar-refractivity contribution >= 4 is 11.3 Å². The normalized spacial score (nSPS) is 17.6. The topological polar surface area (TPSA) is 24.9 Å². The van der Waals surface area contributed by atoms with Gasteiger partial charge in [0.05, 0.1) is 10.7 Å². The van der Waals surface area contributed by atoms with Gasteiger partial charge in [0, 0.05) is 10.9 Å². The molecule has 1 aromatic heterocycles. The van der Waals surface area contributed by atoms with Crippen molar-refractivity contribution in [2.24, 2.45) is 0 Å². The number of hydrogen-bond acceptors (Lipinski definition) is 3. The van der Waals surface area contributed by atoms with Crippen molar-refractivity contribution in [2.75, 3.05) is 6.54 Å². The predicted octanol–water partition coefficient (Wildman–Crippen LogP) is 4.30. The summed E-state index contributed by atoms with van der Waals surface area (Å²) in [7, 11) is 0. The Balaban J connectivity index is 1.79. The first-order valence-corrected chi connectivity index (χ1v) is 7.83. The SMILES string of the molecule is Cc1nc(C)c(C(C)NCCC2=CCCCC2)s1. The average Bonchev–Trinajstić information content (AvgIpc) is 2.70. The minimum Gasteiger partial charge on any atom is -0.309 e. The van der Waals surface area contributed by atoms with Crippen LogP contribution in [0.5, 0.6) is 0 Å². The van der Waals surface area contributed by atoms with E-state index in [1.165, 1.54) is 47.7 Å². The van der Waals surface area contributed by atoms with Crippen molar-refractivity contribution in [3.05, 3.63) is 27.2 Å². The summed E-state index contributed by atoms with van der Waals surface area (Å²) in [5.41, 5.74) is 2.84. The largest absolute Gasteiger partial charge is 0.309 e. The second-order valence-electron chi connectivity index (χ2n) is 5.22. The summed E-state index contributed by atoms with van der Waals surface area (Å²) in [5, 5.41) is 4.80. The molecule has 0 saturated carbocycles. The predicted molar refractivity (Wildman–Crippen MR) is 79.2 cm³/mol. The Morgan fingerprint density at radius 1 is 1.39 bits per heavy atom. The summed E-state index contributed by atoms with van der Waals surface area (Å²) < 4.78 is 0. The van der Waals surface area contributed by atoms with E-state index >= 15 is 0 Å². The molecule has 1 heterocycles. The molecule has 100 valence electrons. The second-order valence-corrected chi connectivity index (χ2v) is 6.45. The van der Waals surface area contributed by atoms with Gasteiger partial charge < -0.3 is 5.32 Å². The Bertz CT molecular complexity index is 420. The van der Waals surface area contributed by atoms with Gasteiger partial charge in [-0.05, 0) is 59.4 Å². The van der Waals surface area contributed by atoms with Gasteiger partial charge in [0.25, 0.3) is 0 Å². The molecule has 1 aromatic rings. The lowest BCUT2D eigenvalue weighted by Crippen LogP contribution is -2.20. The quantitative estimate of drug-likeness (QED) is 0.802. The molecule has 0 radical (unpaired) electrons. The lowest BCUT2D eigenvalue weighted by atomic mass is 9.97. The van der Waals surface area contributed by atoms with E-state index in [4.69, 9.17) is 0 Å². The molecule has 0 spiro atoms. The van der Waals surface area contributed by atoms with Crippen LogP contribution in [0.3, 0.4) is 0 Å². The molecule has 1 unspecified atom stereocenters. The number of rotatable bonds is 5. The lowest BCUT2D eigenvalue weighted by molar-refractivity contribution is 0.566. The molecular formula is C15H24N2S. The van der Waals surface area contributed by atoms with E-state index < -0.39 is 0 Å². The molecule has 1 aliphatic carbocycles. The van der Waals surface area contributed by atoms with Crippen LogP contribution in [0, 0.1) is 13.8 Å². The fraction of sp³-hybridized carbons (Fsp3) is 0.667. The Labute approximate surface area is 115 Å². The smallest absolute Gasteiger partial charge is 0.0900 e. The average molecular weight is 264 g/mol. The summed E-state index contributed by atoms with van der Waals surface area (Å²) in [6.45, 7) is 7.53. The minimum atomic E-state index is 0.431. The van der Waals surface area contributed by atoms with Crippen LogP contribution in [-0.2, 0) is 0 Å². The van der Waals surface area contributed by atoms with Gasteiger partial charge in [-0.1, -0.05) is 11.6 Å². The number of allylic oxidation sites excluding steroid dienone is 1. The third-order valence-electron chi connectivity index (χ3n) is 3.61. The zero-order valence-corrected chi connectivity index (χ0v) is 12.6. The van der Waals surface area contributed by atoms with Gasteiger partial charge in [-0.3, -0.25) is 0 Å². The molecule has 3 heteroatoms. The van der Waals surface area contributed by atoms with E-state index in [2.05, 4.69) is 37.1 Å². The fourth-order valence-electron chi connectivity index (χ4n) is 2.62.